The Kier molecular flexibility index (Phi) is 4.44. The highest BCUT2D eigenvalue weighted by molar-refractivity contribution is 8.02. The van der Waals surface area contributed by atoms with Crippen LogP contribution in [0, 0.1) is 5.82 Å². The van der Waals surface area contributed by atoms with Crippen molar-refractivity contribution in [3.63, 3.8) is 0 Å². The van der Waals surface area contributed by atoms with E-state index in [0.717, 1.165) is 4.21 Å². The molecular formula is C13H13FN2OS2. The Balaban J connectivity index is 2.02. The molecular weight excluding hydrogens is 283 g/mol. The SMILES string of the molecule is CC(Sc1cccs1)C(=O)Nc1cc(N)ccc1F. The minimum absolute atomic E-state index is 0.114. The Morgan fingerprint density at radius 2 is 2.26 bits per heavy atom. The highest BCUT2D eigenvalue weighted by atomic mass is 32.2. The van der Waals surface area contributed by atoms with Crippen LogP contribution in [0.4, 0.5) is 15.8 Å². The first-order valence-electron chi connectivity index (χ1n) is 5.62. The molecule has 0 radical (unpaired) electrons. The van der Waals surface area contributed by atoms with E-state index in [1.165, 1.54) is 30.0 Å². The summed E-state index contributed by atoms with van der Waals surface area (Å²) in [7, 11) is 0. The third-order valence-corrected chi connectivity index (χ3v) is 4.58. The molecule has 1 aromatic heterocycles. The molecule has 0 aliphatic heterocycles. The largest absolute Gasteiger partial charge is 0.399 e. The van der Waals surface area contributed by atoms with Crippen LogP contribution in [0.3, 0.4) is 0 Å². The molecule has 1 unspecified atom stereocenters. The summed E-state index contributed by atoms with van der Waals surface area (Å²) < 4.78 is 14.5. The van der Waals surface area contributed by atoms with Crippen molar-refractivity contribution in [3.8, 4) is 0 Å². The summed E-state index contributed by atoms with van der Waals surface area (Å²) in [5, 5.41) is 4.20. The van der Waals surface area contributed by atoms with Crippen LogP contribution in [0.25, 0.3) is 0 Å². The maximum atomic E-state index is 13.5. The lowest BCUT2D eigenvalue weighted by molar-refractivity contribution is -0.115. The molecule has 2 rings (SSSR count). The van der Waals surface area contributed by atoms with Crippen molar-refractivity contribution < 1.29 is 9.18 Å². The van der Waals surface area contributed by atoms with Crippen LogP contribution >= 0.6 is 23.1 Å². The number of amides is 1. The van der Waals surface area contributed by atoms with Crippen molar-refractivity contribution >= 4 is 40.4 Å². The van der Waals surface area contributed by atoms with Crippen molar-refractivity contribution in [1.82, 2.24) is 0 Å². The molecule has 6 heteroatoms. The van der Waals surface area contributed by atoms with Gasteiger partial charge in [0.1, 0.15) is 5.82 Å². The number of carbonyl (C=O) groups excluding carboxylic acids is 1. The Morgan fingerprint density at radius 3 is 2.95 bits per heavy atom. The fourth-order valence-electron chi connectivity index (χ4n) is 1.43. The van der Waals surface area contributed by atoms with Gasteiger partial charge in [0.2, 0.25) is 5.91 Å². The molecule has 1 amide bonds. The Bertz CT molecular complexity index is 572. The minimum atomic E-state index is -0.490. The van der Waals surface area contributed by atoms with Gasteiger partial charge in [0.15, 0.2) is 0 Å². The van der Waals surface area contributed by atoms with Crippen molar-refractivity contribution in [2.75, 3.05) is 11.1 Å². The molecule has 0 bridgehead atoms. The summed E-state index contributed by atoms with van der Waals surface area (Å²) in [4.78, 5) is 12.0. The number of benzene rings is 1. The average molecular weight is 296 g/mol. The molecule has 2 aromatic rings. The zero-order valence-electron chi connectivity index (χ0n) is 10.2. The van der Waals surface area contributed by atoms with E-state index in [1.54, 1.807) is 18.3 Å². The molecule has 0 saturated carbocycles. The smallest absolute Gasteiger partial charge is 0.237 e. The summed E-state index contributed by atoms with van der Waals surface area (Å²) in [6.07, 6.45) is 0. The lowest BCUT2D eigenvalue weighted by atomic mass is 10.2. The van der Waals surface area contributed by atoms with Crippen molar-refractivity contribution in [2.24, 2.45) is 0 Å². The molecule has 3 N–H and O–H groups in total. The topological polar surface area (TPSA) is 55.1 Å². The number of hydrogen-bond acceptors (Lipinski definition) is 4. The average Bonchev–Trinajstić information content (AvgIpc) is 2.86. The van der Waals surface area contributed by atoms with E-state index in [9.17, 15) is 9.18 Å². The van der Waals surface area contributed by atoms with Crippen LogP contribution < -0.4 is 11.1 Å². The van der Waals surface area contributed by atoms with Crippen LogP contribution in [0.15, 0.2) is 39.9 Å². The van der Waals surface area contributed by atoms with Crippen LogP contribution in [-0.4, -0.2) is 11.2 Å². The number of anilines is 2. The van der Waals surface area contributed by atoms with E-state index in [1.807, 2.05) is 17.5 Å². The lowest BCUT2D eigenvalue weighted by Gasteiger charge is -2.12. The maximum absolute atomic E-state index is 13.5. The van der Waals surface area contributed by atoms with Gasteiger partial charge in [-0.15, -0.1) is 23.1 Å². The van der Waals surface area contributed by atoms with Crippen molar-refractivity contribution in [1.29, 1.82) is 0 Å². The van der Waals surface area contributed by atoms with Gasteiger partial charge < -0.3 is 11.1 Å². The molecule has 0 aliphatic carbocycles. The molecule has 0 fully saturated rings. The normalized spacial score (nSPS) is 12.1. The summed E-state index contributed by atoms with van der Waals surface area (Å²) in [5.74, 6) is -0.737. The number of thioether (sulfide) groups is 1. The zero-order chi connectivity index (χ0) is 13.8. The first-order chi connectivity index (χ1) is 9.06. The summed E-state index contributed by atoms with van der Waals surface area (Å²) >= 11 is 3.01. The predicted octanol–water partition coefficient (Wildman–Crippen LogP) is 3.59. The number of nitrogens with two attached hydrogens (primary N) is 1. The quantitative estimate of drug-likeness (QED) is 0.669. The minimum Gasteiger partial charge on any atom is -0.399 e. The third kappa shape index (κ3) is 3.71. The van der Waals surface area contributed by atoms with Gasteiger partial charge in [-0.1, -0.05) is 6.07 Å². The van der Waals surface area contributed by atoms with Gasteiger partial charge in [-0.2, -0.15) is 0 Å². The fourth-order valence-corrected chi connectivity index (χ4v) is 3.37. The molecule has 0 saturated heterocycles. The van der Waals surface area contributed by atoms with Gasteiger partial charge in [-0.3, -0.25) is 4.79 Å². The molecule has 100 valence electrons. The van der Waals surface area contributed by atoms with E-state index in [0.29, 0.717) is 5.69 Å². The number of hydrogen-bond donors (Lipinski definition) is 2. The molecule has 0 aliphatic rings. The van der Waals surface area contributed by atoms with E-state index in [2.05, 4.69) is 5.32 Å². The molecule has 1 heterocycles. The van der Waals surface area contributed by atoms with Gasteiger partial charge in [0, 0.05) is 5.69 Å². The van der Waals surface area contributed by atoms with Crippen molar-refractivity contribution in [3.05, 3.63) is 41.5 Å². The summed E-state index contributed by atoms with van der Waals surface area (Å²) in [6.45, 7) is 1.78. The second kappa shape index (κ2) is 6.08. The van der Waals surface area contributed by atoms with E-state index >= 15 is 0 Å². The molecule has 0 spiro atoms. The van der Waals surface area contributed by atoms with Crippen molar-refractivity contribution in [2.45, 2.75) is 16.4 Å². The first kappa shape index (κ1) is 13.9. The van der Waals surface area contributed by atoms with Gasteiger partial charge in [0.05, 0.1) is 15.1 Å². The number of nitrogens with one attached hydrogen (secondary N) is 1. The number of thiophene rings is 1. The number of halogens is 1. The van der Waals surface area contributed by atoms with Crippen LogP contribution in [-0.2, 0) is 4.79 Å². The third-order valence-electron chi connectivity index (χ3n) is 2.41. The summed E-state index contributed by atoms with van der Waals surface area (Å²) in [5.41, 5.74) is 6.09. The van der Waals surface area contributed by atoms with Crippen LogP contribution in [0.2, 0.25) is 0 Å². The Morgan fingerprint density at radius 1 is 1.47 bits per heavy atom. The van der Waals surface area contributed by atoms with E-state index in [4.69, 9.17) is 5.73 Å². The standard InChI is InChI=1S/C13H13FN2OS2/c1-8(19-12-3-2-6-18-12)13(17)16-11-7-9(15)4-5-10(11)14/h2-8H,15H2,1H3,(H,16,17). The van der Waals surface area contributed by atoms with Crippen LogP contribution in [0.1, 0.15) is 6.92 Å². The number of rotatable bonds is 4. The Labute approximate surface area is 119 Å². The first-order valence-corrected chi connectivity index (χ1v) is 7.38. The summed E-state index contributed by atoms with van der Waals surface area (Å²) in [6, 6.07) is 7.97. The predicted molar refractivity (Wildman–Crippen MR) is 79.1 cm³/mol. The zero-order valence-corrected chi connectivity index (χ0v) is 11.9. The van der Waals surface area contributed by atoms with Gasteiger partial charge in [-0.25, -0.2) is 4.39 Å². The fraction of sp³-hybridized carbons (Fsp3) is 0.154. The van der Waals surface area contributed by atoms with E-state index < -0.39 is 5.82 Å². The highest BCUT2D eigenvalue weighted by Crippen LogP contribution is 2.28. The Hall–Kier alpha value is -1.53. The number of nitrogen functional groups attached to an aromatic ring is 1. The number of carbonyl (C=O) groups is 1. The molecule has 1 aromatic carbocycles. The lowest BCUT2D eigenvalue weighted by Crippen LogP contribution is -2.22. The maximum Gasteiger partial charge on any atom is 0.237 e. The molecule has 1 atom stereocenters. The second-order valence-electron chi connectivity index (χ2n) is 3.92. The van der Waals surface area contributed by atoms with Gasteiger partial charge in [-0.05, 0) is 36.6 Å². The van der Waals surface area contributed by atoms with Crippen LogP contribution in [0.5, 0.6) is 0 Å². The second-order valence-corrected chi connectivity index (χ2v) is 6.51. The molecule has 3 nitrogen and oxygen atoms in total. The van der Waals surface area contributed by atoms with E-state index in [-0.39, 0.29) is 16.8 Å². The highest BCUT2D eigenvalue weighted by Gasteiger charge is 2.16. The van der Waals surface area contributed by atoms with Gasteiger partial charge in [0.25, 0.3) is 0 Å². The monoisotopic (exact) mass is 296 g/mol. The molecule has 19 heavy (non-hydrogen) atoms. The van der Waals surface area contributed by atoms with Gasteiger partial charge >= 0.3 is 0 Å².